The topological polar surface area (TPSA) is 76.8 Å². The van der Waals surface area contributed by atoms with Crippen molar-refractivity contribution in [3.8, 4) is 11.1 Å². The summed E-state index contributed by atoms with van der Waals surface area (Å²) in [7, 11) is 0. The third-order valence-electron chi connectivity index (χ3n) is 5.82. The summed E-state index contributed by atoms with van der Waals surface area (Å²) in [5.74, 6) is 0.557. The Morgan fingerprint density at radius 1 is 0.800 bits per heavy atom. The van der Waals surface area contributed by atoms with Gasteiger partial charge in [0.1, 0.15) is 17.7 Å². The second kappa shape index (κ2) is 6.62. The number of rotatable bonds is 4. The van der Waals surface area contributed by atoms with E-state index in [1.807, 2.05) is 36.9 Å². The Hall–Kier alpha value is -3.80. The monoisotopic (exact) mass is 390 g/mol. The summed E-state index contributed by atoms with van der Waals surface area (Å²) >= 11 is 0. The molecule has 4 heterocycles. The van der Waals surface area contributed by atoms with Crippen LogP contribution in [-0.2, 0) is 5.54 Å². The molecule has 2 aliphatic rings. The summed E-state index contributed by atoms with van der Waals surface area (Å²) in [6.07, 6.45) is 14.8. The van der Waals surface area contributed by atoms with Gasteiger partial charge in [0.2, 0.25) is 0 Å². The summed E-state index contributed by atoms with van der Waals surface area (Å²) in [5, 5.41) is 0. The highest BCUT2D eigenvalue weighted by Crippen LogP contribution is 2.46. The van der Waals surface area contributed by atoms with Gasteiger partial charge < -0.3 is 0 Å². The molecular weight excluding hydrogens is 372 g/mol. The second-order valence-electron chi connectivity index (χ2n) is 7.71. The highest BCUT2D eigenvalue weighted by Gasteiger charge is 2.43. The lowest BCUT2D eigenvalue weighted by Crippen LogP contribution is -2.27. The average molecular weight is 390 g/mol. The fourth-order valence-corrected chi connectivity index (χ4v) is 4.18. The SMILES string of the molecule is C1=N[C@@](c2cccc(-c3cncnc3)c2)(c2ccnc(C3CC3)c2)c2nccnc21. The summed E-state index contributed by atoms with van der Waals surface area (Å²) in [4.78, 5) is 27.2. The maximum absolute atomic E-state index is 5.02. The molecule has 1 atom stereocenters. The van der Waals surface area contributed by atoms with Crippen LogP contribution >= 0.6 is 0 Å². The fourth-order valence-electron chi connectivity index (χ4n) is 4.18. The Morgan fingerprint density at radius 2 is 1.63 bits per heavy atom. The van der Waals surface area contributed by atoms with Gasteiger partial charge in [0.25, 0.3) is 0 Å². The Bertz CT molecular complexity index is 1270. The first-order chi connectivity index (χ1) is 14.8. The quantitative estimate of drug-likeness (QED) is 0.528. The molecule has 0 amide bonds. The lowest BCUT2D eigenvalue weighted by atomic mass is 9.80. The van der Waals surface area contributed by atoms with E-state index >= 15 is 0 Å². The highest BCUT2D eigenvalue weighted by molar-refractivity contribution is 5.85. The van der Waals surface area contributed by atoms with E-state index in [2.05, 4.69) is 44.2 Å². The van der Waals surface area contributed by atoms with E-state index in [1.165, 1.54) is 19.2 Å². The minimum atomic E-state index is -0.748. The first kappa shape index (κ1) is 17.1. The average Bonchev–Trinajstić information content (AvgIpc) is 3.60. The van der Waals surface area contributed by atoms with E-state index in [0.29, 0.717) is 5.92 Å². The molecule has 1 fully saturated rings. The lowest BCUT2D eigenvalue weighted by molar-refractivity contribution is 0.643. The smallest absolute Gasteiger partial charge is 0.155 e. The van der Waals surface area contributed by atoms with Crippen LogP contribution in [0.2, 0.25) is 0 Å². The van der Waals surface area contributed by atoms with E-state index < -0.39 is 5.54 Å². The summed E-state index contributed by atoms with van der Waals surface area (Å²) < 4.78 is 0. The number of fused-ring (bicyclic) bond motifs is 1. The molecule has 4 aromatic rings. The summed E-state index contributed by atoms with van der Waals surface area (Å²) in [5.41, 5.74) is 6.13. The third-order valence-corrected chi connectivity index (χ3v) is 5.82. The van der Waals surface area contributed by atoms with Crippen molar-refractivity contribution < 1.29 is 0 Å². The van der Waals surface area contributed by atoms with Gasteiger partial charge in [0.05, 0.1) is 6.21 Å². The second-order valence-corrected chi connectivity index (χ2v) is 7.71. The molecule has 1 aliphatic carbocycles. The Morgan fingerprint density at radius 3 is 2.50 bits per heavy atom. The standard InChI is InChI=1S/C24H18N6/c1-2-17(18-12-25-15-26-13-18)10-19(3-1)24(23-22(14-30-24)28-8-9-29-23)20-6-7-27-21(11-20)16-4-5-16/h1-3,6-16H,4-5H2/t24-/m0/s1. The van der Waals surface area contributed by atoms with Crippen LogP contribution in [0, 0.1) is 0 Å². The van der Waals surface area contributed by atoms with Gasteiger partial charge in [-0.15, -0.1) is 0 Å². The van der Waals surface area contributed by atoms with Crippen molar-refractivity contribution >= 4 is 6.21 Å². The molecule has 6 nitrogen and oxygen atoms in total. The maximum Gasteiger partial charge on any atom is 0.155 e. The molecular formula is C24H18N6. The predicted molar refractivity (Wildman–Crippen MR) is 113 cm³/mol. The number of hydrogen-bond acceptors (Lipinski definition) is 6. The van der Waals surface area contributed by atoms with Crippen LogP contribution in [0.4, 0.5) is 0 Å². The largest absolute Gasteiger partial charge is 0.268 e. The molecule has 1 saturated carbocycles. The van der Waals surface area contributed by atoms with Crippen molar-refractivity contribution in [1.82, 2.24) is 24.9 Å². The lowest BCUT2D eigenvalue weighted by Gasteiger charge is -2.28. The third kappa shape index (κ3) is 2.64. The molecule has 0 unspecified atom stereocenters. The Balaban J connectivity index is 1.58. The molecule has 6 rings (SSSR count). The normalized spacial score (nSPS) is 19.6. The molecule has 0 saturated heterocycles. The van der Waals surface area contributed by atoms with Crippen LogP contribution < -0.4 is 0 Å². The van der Waals surface area contributed by atoms with E-state index in [4.69, 9.17) is 9.98 Å². The van der Waals surface area contributed by atoms with Gasteiger partial charge in [-0.2, -0.15) is 0 Å². The van der Waals surface area contributed by atoms with Gasteiger partial charge in [0, 0.05) is 48.2 Å². The number of aromatic nitrogens is 5. The minimum absolute atomic E-state index is 0.557. The molecule has 6 heteroatoms. The van der Waals surface area contributed by atoms with Gasteiger partial charge in [-0.05, 0) is 47.7 Å². The number of benzene rings is 1. The van der Waals surface area contributed by atoms with Crippen molar-refractivity contribution in [1.29, 1.82) is 0 Å². The van der Waals surface area contributed by atoms with E-state index in [1.54, 1.807) is 12.4 Å². The zero-order valence-electron chi connectivity index (χ0n) is 16.2. The molecule has 30 heavy (non-hydrogen) atoms. The van der Waals surface area contributed by atoms with Gasteiger partial charge in [-0.25, -0.2) is 9.97 Å². The molecule has 0 bridgehead atoms. The summed E-state index contributed by atoms with van der Waals surface area (Å²) in [6, 6.07) is 12.6. The van der Waals surface area contributed by atoms with Crippen LogP contribution in [-0.4, -0.2) is 31.1 Å². The van der Waals surface area contributed by atoms with Crippen molar-refractivity contribution in [2.45, 2.75) is 24.3 Å². The van der Waals surface area contributed by atoms with Crippen molar-refractivity contribution in [3.05, 3.63) is 102 Å². The predicted octanol–water partition coefficient (Wildman–Crippen LogP) is 3.93. The van der Waals surface area contributed by atoms with E-state index in [9.17, 15) is 0 Å². The Labute approximate surface area is 173 Å². The van der Waals surface area contributed by atoms with Crippen LogP contribution in [0.25, 0.3) is 11.1 Å². The van der Waals surface area contributed by atoms with Crippen LogP contribution in [0.15, 0.2) is 78.7 Å². The highest BCUT2D eigenvalue weighted by atomic mass is 15.0. The Kier molecular flexibility index (Phi) is 3.77. The van der Waals surface area contributed by atoms with Gasteiger partial charge in [-0.3, -0.25) is 19.9 Å². The number of nitrogens with zero attached hydrogens (tertiary/aromatic N) is 6. The van der Waals surface area contributed by atoms with E-state index in [0.717, 1.165) is 39.3 Å². The van der Waals surface area contributed by atoms with Gasteiger partial charge >= 0.3 is 0 Å². The number of pyridine rings is 1. The van der Waals surface area contributed by atoms with Crippen LogP contribution in [0.5, 0.6) is 0 Å². The zero-order chi connectivity index (χ0) is 20.0. The molecule has 1 aromatic carbocycles. The van der Waals surface area contributed by atoms with Crippen molar-refractivity contribution in [2.75, 3.05) is 0 Å². The van der Waals surface area contributed by atoms with Crippen LogP contribution in [0.1, 0.15) is 47.0 Å². The van der Waals surface area contributed by atoms with Crippen molar-refractivity contribution in [2.24, 2.45) is 4.99 Å². The molecule has 3 aromatic heterocycles. The first-order valence-corrected chi connectivity index (χ1v) is 10.0. The van der Waals surface area contributed by atoms with E-state index in [-0.39, 0.29) is 0 Å². The molecule has 0 N–H and O–H groups in total. The first-order valence-electron chi connectivity index (χ1n) is 10.0. The molecule has 1 aliphatic heterocycles. The number of hydrogen-bond donors (Lipinski definition) is 0. The summed E-state index contributed by atoms with van der Waals surface area (Å²) in [6.45, 7) is 0. The molecule has 0 radical (unpaired) electrons. The molecule has 0 spiro atoms. The van der Waals surface area contributed by atoms with Crippen LogP contribution in [0.3, 0.4) is 0 Å². The van der Waals surface area contributed by atoms with Gasteiger partial charge in [0.15, 0.2) is 5.54 Å². The maximum atomic E-state index is 5.02. The zero-order valence-corrected chi connectivity index (χ0v) is 16.2. The van der Waals surface area contributed by atoms with Gasteiger partial charge in [-0.1, -0.05) is 18.2 Å². The molecule has 144 valence electrons. The van der Waals surface area contributed by atoms with Crippen molar-refractivity contribution in [3.63, 3.8) is 0 Å². The minimum Gasteiger partial charge on any atom is -0.268 e. The number of aliphatic imine (C=N–C) groups is 1. The fraction of sp³-hybridized carbons (Fsp3) is 0.167.